The van der Waals surface area contributed by atoms with Gasteiger partial charge in [-0.2, -0.15) is 0 Å². The van der Waals surface area contributed by atoms with E-state index in [-0.39, 0.29) is 21.1 Å². The molecule has 7 nitrogen and oxygen atoms in total. The van der Waals surface area contributed by atoms with E-state index in [1.807, 2.05) is 48.5 Å². The summed E-state index contributed by atoms with van der Waals surface area (Å²) in [6.07, 6.45) is 0.0167. The number of benzene rings is 4. The van der Waals surface area contributed by atoms with Gasteiger partial charge in [-0.25, -0.2) is 13.2 Å². The van der Waals surface area contributed by atoms with Crippen molar-refractivity contribution >= 4 is 15.8 Å². The zero-order valence-electron chi connectivity index (χ0n) is 21.6. The van der Waals surface area contributed by atoms with Crippen LogP contribution in [0.25, 0.3) is 0 Å². The molecule has 0 saturated heterocycles. The van der Waals surface area contributed by atoms with E-state index in [9.17, 15) is 23.4 Å². The topological polar surface area (TPSA) is 104 Å². The molecule has 0 amide bonds. The molecular weight excluding hydrogens is 514 g/mol. The van der Waals surface area contributed by atoms with Crippen LogP contribution in [0, 0.1) is 0 Å². The Morgan fingerprint density at radius 1 is 0.846 bits per heavy atom. The van der Waals surface area contributed by atoms with Gasteiger partial charge in [-0.3, -0.25) is 4.90 Å². The van der Waals surface area contributed by atoms with E-state index in [4.69, 9.17) is 0 Å². The molecule has 0 spiro atoms. The maximum Gasteiger partial charge on any atom is 0.341 e. The summed E-state index contributed by atoms with van der Waals surface area (Å²) in [7, 11) is -2.76. The molecule has 8 heteroatoms. The van der Waals surface area contributed by atoms with Crippen molar-refractivity contribution in [3.05, 3.63) is 125 Å². The van der Waals surface area contributed by atoms with Crippen molar-refractivity contribution in [2.75, 3.05) is 20.2 Å². The van der Waals surface area contributed by atoms with Gasteiger partial charge in [0, 0.05) is 19.6 Å². The van der Waals surface area contributed by atoms with E-state index < -0.39 is 21.9 Å². The molecule has 0 saturated carbocycles. The number of aliphatic hydroxyl groups is 1. The monoisotopic (exact) mass is 545 g/mol. The Labute approximate surface area is 228 Å². The molecule has 0 aliphatic rings. The van der Waals surface area contributed by atoms with Crippen LogP contribution in [-0.4, -0.2) is 49.7 Å². The first-order valence-corrected chi connectivity index (χ1v) is 14.0. The summed E-state index contributed by atoms with van der Waals surface area (Å²) in [6.45, 7) is 1.78. The first kappa shape index (κ1) is 28.0. The van der Waals surface area contributed by atoms with E-state index in [1.54, 1.807) is 12.1 Å². The maximum absolute atomic E-state index is 13.2. The molecule has 0 aromatic heterocycles. The van der Waals surface area contributed by atoms with Crippen molar-refractivity contribution in [1.82, 2.24) is 4.90 Å². The molecule has 0 aliphatic carbocycles. The third-order valence-corrected chi connectivity index (χ3v) is 8.27. The predicted octanol–water partition coefficient (Wildman–Crippen LogP) is 4.79. The van der Waals surface area contributed by atoms with Crippen LogP contribution in [0.15, 0.2) is 113 Å². The van der Waals surface area contributed by atoms with Crippen molar-refractivity contribution < 1.29 is 28.2 Å². The average Bonchev–Trinajstić information content (AvgIpc) is 2.96. The largest absolute Gasteiger partial charge is 0.507 e. The molecule has 4 aromatic carbocycles. The Morgan fingerprint density at radius 3 is 2.10 bits per heavy atom. The molecule has 0 bridgehead atoms. The number of aromatic hydroxyl groups is 1. The smallest absolute Gasteiger partial charge is 0.341 e. The van der Waals surface area contributed by atoms with Gasteiger partial charge in [-0.05, 0) is 53.4 Å². The number of carbonyl (C=O) groups is 1. The van der Waals surface area contributed by atoms with E-state index in [0.717, 1.165) is 29.9 Å². The number of esters is 1. The van der Waals surface area contributed by atoms with Crippen LogP contribution >= 0.6 is 0 Å². The Bertz CT molecular complexity index is 1490. The fraction of sp³-hybridized carbons (Fsp3) is 0.194. The Hall–Kier alpha value is -3.98. The van der Waals surface area contributed by atoms with Crippen LogP contribution in [0.5, 0.6) is 5.75 Å². The first-order chi connectivity index (χ1) is 18.8. The van der Waals surface area contributed by atoms with Crippen LogP contribution in [0.3, 0.4) is 0 Å². The van der Waals surface area contributed by atoms with Gasteiger partial charge >= 0.3 is 5.97 Å². The lowest BCUT2D eigenvalue weighted by atomic mass is 10.1. The minimum Gasteiger partial charge on any atom is -0.507 e. The number of rotatable bonds is 11. The summed E-state index contributed by atoms with van der Waals surface area (Å²) in [6, 6.07) is 29.7. The van der Waals surface area contributed by atoms with Crippen molar-refractivity contribution in [2.45, 2.75) is 28.9 Å². The molecule has 0 radical (unpaired) electrons. The van der Waals surface area contributed by atoms with Crippen LogP contribution in [0.4, 0.5) is 0 Å². The number of methoxy groups -OCH3 is 1. The highest BCUT2D eigenvalue weighted by Gasteiger charge is 2.22. The molecule has 4 rings (SSSR count). The normalized spacial score (nSPS) is 12.3. The molecular formula is C31H31NO6S. The van der Waals surface area contributed by atoms with Gasteiger partial charge in [0.05, 0.1) is 23.0 Å². The number of sulfone groups is 1. The van der Waals surface area contributed by atoms with E-state index in [0.29, 0.717) is 26.1 Å². The van der Waals surface area contributed by atoms with Gasteiger partial charge in [-0.15, -0.1) is 0 Å². The SMILES string of the molecule is COC(=O)c1cc(S(=O)(=O)c2ccc(CCN(Cc3ccccc3)C[C@@H](O)c3ccccc3)cc2)ccc1O. The van der Waals surface area contributed by atoms with Gasteiger partial charge in [0.25, 0.3) is 0 Å². The minimum absolute atomic E-state index is 0.0772. The number of carbonyl (C=O) groups excluding carboxylic acids is 1. The fourth-order valence-electron chi connectivity index (χ4n) is 4.32. The lowest BCUT2D eigenvalue weighted by molar-refractivity contribution is 0.0597. The fourth-order valence-corrected chi connectivity index (χ4v) is 5.60. The molecule has 0 unspecified atom stereocenters. The molecule has 1 atom stereocenters. The zero-order valence-corrected chi connectivity index (χ0v) is 22.4. The van der Waals surface area contributed by atoms with Crippen molar-refractivity contribution in [2.24, 2.45) is 0 Å². The number of phenolic OH excluding ortho intramolecular Hbond substituents is 1. The number of hydrogen-bond donors (Lipinski definition) is 2. The Kier molecular flexibility index (Phi) is 9.14. The number of nitrogens with zero attached hydrogens (tertiary/aromatic N) is 1. The van der Waals surface area contributed by atoms with Gasteiger partial charge < -0.3 is 14.9 Å². The molecule has 0 aliphatic heterocycles. The summed E-state index contributed by atoms with van der Waals surface area (Å²) in [4.78, 5) is 14.0. The molecule has 0 heterocycles. The van der Waals surface area contributed by atoms with Gasteiger partial charge in [-0.1, -0.05) is 72.8 Å². The quantitative estimate of drug-likeness (QED) is 0.261. The number of ether oxygens (including phenoxy) is 1. The van der Waals surface area contributed by atoms with Crippen molar-refractivity contribution in [3.63, 3.8) is 0 Å². The highest BCUT2D eigenvalue weighted by molar-refractivity contribution is 7.91. The highest BCUT2D eigenvalue weighted by Crippen LogP contribution is 2.27. The van der Waals surface area contributed by atoms with Crippen LogP contribution in [0.2, 0.25) is 0 Å². The second kappa shape index (κ2) is 12.7. The first-order valence-electron chi connectivity index (χ1n) is 12.5. The second-order valence-corrected chi connectivity index (χ2v) is 11.2. The lowest BCUT2D eigenvalue weighted by Gasteiger charge is -2.25. The third-order valence-electron chi connectivity index (χ3n) is 6.50. The Balaban J connectivity index is 1.48. The summed E-state index contributed by atoms with van der Waals surface area (Å²) >= 11 is 0. The zero-order chi connectivity index (χ0) is 27.8. The summed E-state index contributed by atoms with van der Waals surface area (Å²) in [5, 5.41) is 20.7. The summed E-state index contributed by atoms with van der Waals surface area (Å²) in [5.41, 5.74) is 2.72. The van der Waals surface area contributed by atoms with Crippen molar-refractivity contribution in [3.8, 4) is 5.75 Å². The van der Waals surface area contributed by atoms with Crippen LogP contribution in [-0.2, 0) is 27.5 Å². The third kappa shape index (κ3) is 7.11. The van der Waals surface area contributed by atoms with Crippen LogP contribution in [0.1, 0.15) is 33.2 Å². The highest BCUT2D eigenvalue weighted by atomic mass is 32.2. The van der Waals surface area contributed by atoms with Crippen LogP contribution < -0.4 is 0 Å². The summed E-state index contributed by atoms with van der Waals surface area (Å²) < 4.78 is 31.0. The Morgan fingerprint density at radius 2 is 1.46 bits per heavy atom. The van der Waals surface area contributed by atoms with Crippen molar-refractivity contribution in [1.29, 1.82) is 0 Å². The van der Waals surface area contributed by atoms with E-state index >= 15 is 0 Å². The minimum atomic E-state index is -3.92. The molecule has 202 valence electrons. The standard InChI is InChI=1S/C31H31NO6S/c1-38-31(35)28-20-27(16-17-29(28)33)39(36,37)26-14-12-23(13-15-26)18-19-32(21-24-8-4-2-5-9-24)22-30(34)25-10-6-3-7-11-25/h2-17,20,30,33-34H,18-19,21-22H2,1H3/t30-/m1/s1. The predicted molar refractivity (Wildman–Crippen MR) is 148 cm³/mol. The molecule has 39 heavy (non-hydrogen) atoms. The number of aliphatic hydroxyl groups excluding tert-OH is 1. The molecule has 4 aromatic rings. The van der Waals surface area contributed by atoms with E-state index in [2.05, 4.69) is 21.8 Å². The molecule has 2 N–H and O–H groups in total. The average molecular weight is 546 g/mol. The van der Waals surface area contributed by atoms with Gasteiger partial charge in [0.1, 0.15) is 11.3 Å². The number of hydrogen-bond acceptors (Lipinski definition) is 7. The van der Waals surface area contributed by atoms with Gasteiger partial charge in [0.2, 0.25) is 9.84 Å². The maximum atomic E-state index is 13.2. The molecule has 0 fully saturated rings. The summed E-state index contributed by atoms with van der Waals surface area (Å²) in [5.74, 6) is -1.18. The lowest BCUT2D eigenvalue weighted by Crippen LogP contribution is -2.30. The van der Waals surface area contributed by atoms with Gasteiger partial charge in [0.15, 0.2) is 0 Å². The number of phenols is 1. The van der Waals surface area contributed by atoms with E-state index in [1.165, 1.54) is 24.3 Å². The second-order valence-electron chi connectivity index (χ2n) is 9.22.